The summed E-state index contributed by atoms with van der Waals surface area (Å²) in [6.07, 6.45) is 5.12. The predicted molar refractivity (Wildman–Crippen MR) is 75.2 cm³/mol. The molecular formula is C12H11N5OS. The number of rotatable bonds is 2. The number of nitrogens with zero attached hydrogens (tertiary/aromatic N) is 3. The molecule has 0 spiro atoms. The summed E-state index contributed by atoms with van der Waals surface area (Å²) in [6.45, 7) is 0. The van der Waals surface area contributed by atoms with Crippen molar-refractivity contribution < 1.29 is 4.79 Å². The molecule has 0 aromatic carbocycles. The molecule has 3 N–H and O–H groups in total. The Morgan fingerprint density at radius 2 is 2.32 bits per heavy atom. The molecule has 19 heavy (non-hydrogen) atoms. The number of hydrogen-bond donors (Lipinski definition) is 2. The fraction of sp³-hybridized carbons (Fsp3) is 0.0833. The number of carbonyl (C=O) groups is 1. The van der Waals surface area contributed by atoms with E-state index >= 15 is 0 Å². The monoisotopic (exact) mass is 273 g/mol. The van der Waals surface area contributed by atoms with Gasteiger partial charge in [0.25, 0.3) is 5.91 Å². The molecule has 0 aliphatic carbocycles. The molecule has 0 saturated carbocycles. The van der Waals surface area contributed by atoms with Crippen LogP contribution in [0.5, 0.6) is 0 Å². The molecule has 0 aliphatic heterocycles. The van der Waals surface area contributed by atoms with E-state index in [1.807, 2.05) is 0 Å². The van der Waals surface area contributed by atoms with Gasteiger partial charge in [-0.25, -0.2) is 0 Å². The number of aromatic nitrogens is 3. The highest BCUT2D eigenvalue weighted by Crippen LogP contribution is 2.33. The van der Waals surface area contributed by atoms with Crippen LogP contribution in [0.15, 0.2) is 30.7 Å². The van der Waals surface area contributed by atoms with Gasteiger partial charge in [-0.2, -0.15) is 5.10 Å². The lowest BCUT2D eigenvalue weighted by Gasteiger charge is -2.00. The first-order valence-electron chi connectivity index (χ1n) is 5.58. The fourth-order valence-electron chi connectivity index (χ4n) is 1.79. The van der Waals surface area contributed by atoms with E-state index in [4.69, 9.17) is 5.73 Å². The summed E-state index contributed by atoms with van der Waals surface area (Å²) in [6, 6.07) is 3.53. The lowest BCUT2D eigenvalue weighted by Crippen LogP contribution is -2.12. The summed E-state index contributed by atoms with van der Waals surface area (Å²) in [4.78, 5) is 16.7. The van der Waals surface area contributed by atoms with Crippen LogP contribution in [0.1, 0.15) is 9.67 Å². The van der Waals surface area contributed by atoms with Crippen molar-refractivity contribution in [2.75, 3.05) is 11.1 Å². The van der Waals surface area contributed by atoms with Crippen LogP contribution in [-0.4, -0.2) is 20.7 Å². The zero-order chi connectivity index (χ0) is 13.4. The van der Waals surface area contributed by atoms with Gasteiger partial charge < -0.3 is 11.1 Å². The first-order valence-corrected chi connectivity index (χ1v) is 6.40. The average molecular weight is 273 g/mol. The number of amides is 1. The molecule has 3 aromatic heterocycles. The molecule has 3 heterocycles. The van der Waals surface area contributed by atoms with E-state index in [1.165, 1.54) is 11.3 Å². The molecule has 0 aliphatic rings. The van der Waals surface area contributed by atoms with Crippen LogP contribution in [0, 0.1) is 0 Å². The van der Waals surface area contributed by atoms with Gasteiger partial charge in [0.2, 0.25) is 0 Å². The third-order valence-corrected chi connectivity index (χ3v) is 3.85. The number of hydrogen-bond acceptors (Lipinski definition) is 5. The Kier molecular flexibility index (Phi) is 2.68. The zero-order valence-electron chi connectivity index (χ0n) is 10.1. The van der Waals surface area contributed by atoms with E-state index < -0.39 is 0 Å². The molecule has 96 valence electrons. The van der Waals surface area contributed by atoms with Crippen molar-refractivity contribution >= 4 is 38.8 Å². The minimum atomic E-state index is -0.252. The van der Waals surface area contributed by atoms with Gasteiger partial charge in [0.15, 0.2) is 5.82 Å². The van der Waals surface area contributed by atoms with Gasteiger partial charge >= 0.3 is 0 Å². The maximum absolute atomic E-state index is 12.2. The molecule has 0 saturated heterocycles. The second-order valence-electron chi connectivity index (χ2n) is 4.05. The third kappa shape index (κ3) is 2.04. The molecule has 0 fully saturated rings. The van der Waals surface area contributed by atoms with Crippen molar-refractivity contribution in [1.29, 1.82) is 0 Å². The molecular weight excluding hydrogens is 262 g/mol. The lowest BCUT2D eigenvalue weighted by molar-refractivity contribution is 0.103. The molecule has 1 amide bonds. The van der Waals surface area contributed by atoms with Crippen LogP contribution in [0.3, 0.4) is 0 Å². The van der Waals surface area contributed by atoms with Crippen molar-refractivity contribution in [1.82, 2.24) is 14.8 Å². The quantitative estimate of drug-likeness (QED) is 0.746. The Balaban J connectivity index is 1.95. The maximum Gasteiger partial charge on any atom is 0.269 e. The van der Waals surface area contributed by atoms with Crippen molar-refractivity contribution in [3.63, 3.8) is 0 Å². The highest BCUT2D eigenvalue weighted by molar-refractivity contribution is 7.21. The largest absolute Gasteiger partial charge is 0.397 e. The summed E-state index contributed by atoms with van der Waals surface area (Å²) in [5.74, 6) is 0.250. The highest BCUT2D eigenvalue weighted by Gasteiger charge is 2.17. The summed E-state index contributed by atoms with van der Waals surface area (Å²) < 4.78 is 2.51. The first-order chi connectivity index (χ1) is 9.15. The number of pyridine rings is 1. The summed E-state index contributed by atoms with van der Waals surface area (Å²) in [5, 5.41) is 7.67. The van der Waals surface area contributed by atoms with Gasteiger partial charge in [-0.05, 0) is 6.07 Å². The number of carbonyl (C=O) groups excluding carboxylic acids is 1. The van der Waals surface area contributed by atoms with Gasteiger partial charge in [0.05, 0.1) is 10.4 Å². The van der Waals surface area contributed by atoms with Gasteiger partial charge in [-0.15, -0.1) is 11.3 Å². The number of fused-ring (bicyclic) bond motifs is 1. The van der Waals surface area contributed by atoms with Crippen LogP contribution in [-0.2, 0) is 7.05 Å². The Morgan fingerprint density at radius 3 is 3.00 bits per heavy atom. The Morgan fingerprint density at radius 1 is 1.47 bits per heavy atom. The zero-order valence-corrected chi connectivity index (χ0v) is 10.9. The fourth-order valence-corrected chi connectivity index (χ4v) is 2.78. The van der Waals surface area contributed by atoms with E-state index in [0.717, 1.165) is 10.1 Å². The molecule has 0 unspecified atom stereocenters. The second kappa shape index (κ2) is 4.36. The van der Waals surface area contributed by atoms with E-state index in [9.17, 15) is 4.79 Å². The van der Waals surface area contributed by atoms with E-state index in [1.54, 1.807) is 42.5 Å². The van der Waals surface area contributed by atoms with Gasteiger partial charge in [-0.3, -0.25) is 14.5 Å². The lowest BCUT2D eigenvalue weighted by atomic mass is 10.2. The molecule has 3 rings (SSSR count). The molecule has 0 bridgehead atoms. The smallest absolute Gasteiger partial charge is 0.269 e. The first kappa shape index (κ1) is 11.7. The number of aryl methyl sites for hydroxylation is 1. The molecule has 0 radical (unpaired) electrons. The predicted octanol–water partition coefficient (Wildman–Crippen LogP) is 1.86. The molecule has 7 heteroatoms. The van der Waals surface area contributed by atoms with Gasteiger partial charge in [0, 0.05) is 37.1 Å². The maximum atomic E-state index is 12.2. The average Bonchev–Trinajstić information content (AvgIpc) is 2.94. The SMILES string of the molecule is Cn1ccc(NC(=O)c2sc3cnccc3c2N)n1. The Hall–Kier alpha value is -2.41. The van der Waals surface area contributed by atoms with Crippen molar-refractivity contribution in [2.24, 2.45) is 7.05 Å². The van der Waals surface area contributed by atoms with E-state index in [-0.39, 0.29) is 5.91 Å². The van der Waals surface area contributed by atoms with Crippen LogP contribution < -0.4 is 11.1 Å². The van der Waals surface area contributed by atoms with Crippen molar-refractivity contribution in [2.45, 2.75) is 0 Å². The Bertz CT molecular complexity index is 760. The van der Waals surface area contributed by atoms with Crippen LogP contribution in [0.2, 0.25) is 0 Å². The summed E-state index contributed by atoms with van der Waals surface area (Å²) in [7, 11) is 1.79. The third-order valence-electron chi connectivity index (χ3n) is 2.69. The Labute approximate surface area is 112 Å². The number of nitrogen functional groups attached to an aromatic ring is 1. The number of nitrogens with one attached hydrogen (secondary N) is 1. The van der Waals surface area contributed by atoms with Crippen molar-refractivity contribution in [3.8, 4) is 0 Å². The number of nitrogens with two attached hydrogens (primary N) is 1. The number of anilines is 2. The van der Waals surface area contributed by atoms with Gasteiger partial charge in [-0.1, -0.05) is 0 Å². The summed E-state index contributed by atoms with van der Waals surface area (Å²) in [5.41, 5.74) is 6.48. The number of thiophene rings is 1. The van der Waals surface area contributed by atoms with Crippen molar-refractivity contribution in [3.05, 3.63) is 35.6 Å². The summed E-state index contributed by atoms with van der Waals surface area (Å²) >= 11 is 1.32. The minimum absolute atomic E-state index is 0.252. The minimum Gasteiger partial charge on any atom is -0.397 e. The molecule has 3 aromatic rings. The van der Waals surface area contributed by atoms with Crippen LogP contribution in [0.25, 0.3) is 10.1 Å². The van der Waals surface area contributed by atoms with Crippen LogP contribution >= 0.6 is 11.3 Å². The normalized spacial score (nSPS) is 10.8. The van der Waals surface area contributed by atoms with Gasteiger partial charge in [0.1, 0.15) is 4.88 Å². The van der Waals surface area contributed by atoms with E-state index in [0.29, 0.717) is 16.4 Å². The second-order valence-corrected chi connectivity index (χ2v) is 5.10. The van der Waals surface area contributed by atoms with E-state index in [2.05, 4.69) is 15.4 Å². The molecule has 6 nitrogen and oxygen atoms in total. The standard InChI is InChI=1S/C12H11N5OS/c1-17-5-3-9(16-17)15-12(18)11-10(13)7-2-4-14-6-8(7)19-11/h2-6H,13H2,1H3,(H,15,16,18). The van der Waals surface area contributed by atoms with Crippen LogP contribution in [0.4, 0.5) is 11.5 Å². The molecule has 0 atom stereocenters. The highest BCUT2D eigenvalue weighted by atomic mass is 32.1. The topological polar surface area (TPSA) is 85.8 Å².